The van der Waals surface area contributed by atoms with Crippen molar-refractivity contribution in [3.8, 4) is 0 Å². The number of hydrogen-bond acceptors (Lipinski definition) is 3. The molecule has 5 heteroatoms. The average Bonchev–Trinajstić information content (AvgIpc) is 2.14. The van der Waals surface area contributed by atoms with Crippen molar-refractivity contribution in [3.63, 3.8) is 0 Å². The van der Waals surface area contributed by atoms with E-state index in [0.29, 0.717) is 0 Å². The molecule has 0 saturated heterocycles. The van der Waals surface area contributed by atoms with Gasteiger partial charge in [-0.25, -0.2) is 4.79 Å². The number of carbonyl (C=O) groups excluding carboxylic acids is 1. The molecule has 1 fully saturated rings. The molecule has 1 amide bonds. The third-order valence-electron chi connectivity index (χ3n) is 2.90. The van der Waals surface area contributed by atoms with Crippen molar-refractivity contribution >= 4 is 11.9 Å². The molecule has 0 radical (unpaired) electrons. The Balaban J connectivity index is 2.41. The Morgan fingerprint density at radius 3 is 2.56 bits per heavy atom. The van der Waals surface area contributed by atoms with Crippen molar-refractivity contribution in [3.05, 3.63) is 12.7 Å². The minimum absolute atomic E-state index is 0.202. The maximum absolute atomic E-state index is 11.6. The molecule has 0 aromatic heterocycles. The zero-order chi connectivity index (χ0) is 12.2. The van der Waals surface area contributed by atoms with E-state index in [9.17, 15) is 9.59 Å². The highest BCUT2D eigenvalue weighted by Gasteiger charge is 2.35. The molecule has 1 rings (SSSR count). The Kier molecular flexibility index (Phi) is 4.06. The molecule has 0 aliphatic heterocycles. The van der Waals surface area contributed by atoms with Gasteiger partial charge in [-0.1, -0.05) is 6.08 Å². The minimum atomic E-state index is -1.05. The van der Waals surface area contributed by atoms with Gasteiger partial charge >= 0.3 is 5.97 Å². The first-order chi connectivity index (χ1) is 7.47. The van der Waals surface area contributed by atoms with Gasteiger partial charge in [0.15, 0.2) is 0 Å². The van der Waals surface area contributed by atoms with Crippen LogP contribution in [0.4, 0.5) is 0 Å². The summed E-state index contributed by atoms with van der Waals surface area (Å²) in [6, 6.07) is -0.895. The van der Waals surface area contributed by atoms with Gasteiger partial charge in [-0.05, 0) is 25.7 Å². The number of carbonyl (C=O) groups is 2. The molecule has 0 bridgehead atoms. The highest BCUT2D eigenvalue weighted by atomic mass is 16.4. The Labute approximate surface area is 94.7 Å². The first kappa shape index (κ1) is 12.7. The van der Waals surface area contributed by atoms with Crippen LogP contribution in [0, 0.1) is 0 Å². The molecule has 90 valence electrons. The lowest BCUT2D eigenvalue weighted by Gasteiger charge is -2.37. The summed E-state index contributed by atoms with van der Waals surface area (Å²) in [5, 5.41) is 11.3. The van der Waals surface area contributed by atoms with E-state index >= 15 is 0 Å². The summed E-state index contributed by atoms with van der Waals surface area (Å²) in [7, 11) is 0. The Morgan fingerprint density at radius 2 is 2.19 bits per heavy atom. The predicted octanol–water partition coefficient (Wildman–Crippen LogP) is 0.403. The van der Waals surface area contributed by atoms with Crippen LogP contribution in [0.15, 0.2) is 12.7 Å². The second-order valence-electron chi connectivity index (χ2n) is 4.38. The number of nitrogens with one attached hydrogen (secondary N) is 1. The SMILES string of the molecule is C=CCC(NC(=O)CC1(N)CCC1)C(=O)O. The maximum atomic E-state index is 11.6. The zero-order valence-electron chi connectivity index (χ0n) is 9.24. The van der Waals surface area contributed by atoms with Gasteiger partial charge in [-0.15, -0.1) is 6.58 Å². The summed E-state index contributed by atoms with van der Waals surface area (Å²) >= 11 is 0. The molecule has 1 aliphatic rings. The number of hydrogen-bond donors (Lipinski definition) is 3. The minimum Gasteiger partial charge on any atom is -0.480 e. The topological polar surface area (TPSA) is 92.4 Å². The third-order valence-corrected chi connectivity index (χ3v) is 2.90. The van der Waals surface area contributed by atoms with Crippen molar-refractivity contribution in [2.45, 2.75) is 43.7 Å². The number of rotatable bonds is 6. The second kappa shape index (κ2) is 5.12. The largest absolute Gasteiger partial charge is 0.480 e. The number of nitrogens with two attached hydrogens (primary N) is 1. The van der Waals surface area contributed by atoms with Crippen LogP contribution in [0.3, 0.4) is 0 Å². The van der Waals surface area contributed by atoms with E-state index in [1.54, 1.807) is 0 Å². The van der Waals surface area contributed by atoms with Crippen molar-refractivity contribution < 1.29 is 14.7 Å². The molecule has 1 aliphatic carbocycles. The van der Waals surface area contributed by atoms with Crippen LogP contribution < -0.4 is 11.1 Å². The van der Waals surface area contributed by atoms with E-state index in [1.165, 1.54) is 6.08 Å². The molecule has 1 unspecified atom stereocenters. The third kappa shape index (κ3) is 3.34. The van der Waals surface area contributed by atoms with Gasteiger partial charge < -0.3 is 16.2 Å². The van der Waals surface area contributed by atoms with E-state index in [2.05, 4.69) is 11.9 Å². The van der Waals surface area contributed by atoms with Crippen LogP contribution in [0.25, 0.3) is 0 Å². The Bertz CT molecular complexity index is 298. The molecule has 5 nitrogen and oxygen atoms in total. The van der Waals surface area contributed by atoms with Gasteiger partial charge in [-0.2, -0.15) is 0 Å². The summed E-state index contributed by atoms with van der Waals surface area (Å²) in [5.74, 6) is -1.34. The van der Waals surface area contributed by atoms with Crippen LogP contribution in [-0.2, 0) is 9.59 Å². The van der Waals surface area contributed by atoms with Gasteiger partial charge in [0.2, 0.25) is 5.91 Å². The molecule has 0 heterocycles. The van der Waals surface area contributed by atoms with Crippen molar-refractivity contribution in [1.82, 2.24) is 5.32 Å². The first-order valence-electron chi connectivity index (χ1n) is 5.39. The smallest absolute Gasteiger partial charge is 0.326 e. The van der Waals surface area contributed by atoms with E-state index in [0.717, 1.165) is 19.3 Å². The van der Waals surface area contributed by atoms with Gasteiger partial charge in [0.25, 0.3) is 0 Å². The fraction of sp³-hybridized carbons (Fsp3) is 0.636. The van der Waals surface area contributed by atoms with E-state index in [-0.39, 0.29) is 18.7 Å². The molecular weight excluding hydrogens is 208 g/mol. The quantitative estimate of drug-likeness (QED) is 0.572. The second-order valence-corrected chi connectivity index (χ2v) is 4.38. The summed E-state index contributed by atoms with van der Waals surface area (Å²) in [6.07, 6.45) is 4.60. The zero-order valence-corrected chi connectivity index (χ0v) is 9.24. The van der Waals surface area contributed by atoms with E-state index in [1.807, 2.05) is 0 Å². The lowest BCUT2D eigenvalue weighted by atomic mass is 9.75. The molecule has 16 heavy (non-hydrogen) atoms. The molecule has 0 spiro atoms. The van der Waals surface area contributed by atoms with E-state index < -0.39 is 17.6 Å². The summed E-state index contributed by atoms with van der Waals surface area (Å²) in [5.41, 5.74) is 5.49. The fourth-order valence-corrected chi connectivity index (χ4v) is 1.76. The molecule has 0 aromatic carbocycles. The fourth-order valence-electron chi connectivity index (χ4n) is 1.76. The molecule has 0 aromatic rings. The van der Waals surface area contributed by atoms with Gasteiger partial charge in [0.05, 0.1) is 0 Å². The van der Waals surface area contributed by atoms with E-state index in [4.69, 9.17) is 10.8 Å². The van der Waals surface area contributed by atoms with Crippen LogP contribution >= 0.6 is 0 Å². The van der Waals surface area contributed by atoms with Crippen LogP contribution in [-0.4, -0.2) is 28.6 Å². The lowest BCUT2D eigenvalue weighted by molar-refractivity contribution is -0.142. The summed E-state index contributed by atoms with van der Waals surface area (Å²) in [6.45, 7) is 3.45. The molecular formula is C11H18N2O3. The van der Waals surface area contributed by atoms with Gasteiger partial charge in [0, 0.05) is 12.0 Å². The number of amides is 1. The number of aliphatic carboxylic acids is 1. The van der Waals surface area contributed by atoms with Crippen molar-refractivity contribution in [2.24, 2.45) is 5.73 Å². The molecule has 4 N–H and O–H groups in total. The van der Waals surface area contributed by atoms with Crippen LogP contribution in [0.2, 0.25) is 0 Å². The summed E-state index contributed by atoms with van der Waals surface area (Å²) in [4.78, 5) is 22.3. The van der Waals surface area contributed by atoms with Crippen LogP contribution in [0.1, 0.15) is 32.1 Å². The lowest BCUT2D eigenvalue weighted by Crippen LogP contribution is -2.51. The van der Waals surface area contributed by atoms with Gasteiger partial charge in [0.1, 0.15) is 6.04 Å². The Morgan fingerprint density at radius 1 is 1.56 bits per heavy atom. The van der Waals surface area contributed by atoms with Crippen molar-refractivity contribution in [2.75, 3.05) is 0 Å². The molecule has 1 saturated carbocycles. The van der Waals surface area contributed by atoms with Crippen LogP contribution in [0.5, 0.6) is 0 Å². The highest BCUT2D eigenvalue weighted by Crippen LogP contribution is 2.31. The average molecular weight is 226 g/mol. The van der Waals surface area contributed by atoms with Gasteiger partial charge in [-0.3, -0.25) is 4.79 Å². The normalized spacial score (nSPS) is 19.3. The maximum Gasteiger partial charge on any atom is 0.326 e. The monoisotopic (exact) mass is 226 g/mol. The Hall–Kier alpha value is -1.36. The number of carboxylic acids is 1. The molecule has 1 atom stereocenters. The highest BCUT2D eigenvalue weighted by molar-refractivity contribution is 5.84. The predicted molar refractivity (Wildman–Crippen MR) is 59.8 cm³/mol. The number of carboxylic acid groups (broad SMARTS) is 1. The standard InChI is InChI=1S/C11H18N2O3/c1-2-4-8(10(15)16)13-9(14)7-11(12)5-3-6-11/h2,8H,1,3-7,12H2,(H,13,14)(H,15,16). The summed E-state index contributed by atoms with van der Waals surface area (Å²) < 4.78 is 0. The van der Waals surface area contributed by atoms with Crippen molar-refractivity contribution in [1.29, 1.82) is 0 Å². The first-order valence-corrected chi connectivity index (χ1v) is 5.39.